The Hall–Kier alpha value is -7.16. The fraction of sp³-hybridized carbons (Fsp3) is 0. The van der Waals surface area contributed by atoms with E-state index in [2.05, 4.69) is 126 Å². The fourth-order valence-electron chi connectivity index (χ4n) is 7.52. The fourth-order valence-corrected chi connectivity index (χ4v) is 7.52. The number of hydrogen-bond donors (Lipinski definition) is 0. The number of fused-ring (bicyclic) bond motifs is 4. The quantitative estimate of drug-likeness (QED) is 0.165. The summed E-state index contributed by atoms with van der Waals surface area (Å²) in [6.07, 6.45) is 0. The molecular weight excluding hydrogens is 655 g/mol. The third-order valence-electron chi connectivity index (χ3n) is 10.2. The Kier molecular flexibility index (Phi) is 6.61. The molecule has 54 heavy (non-hydrogen) atoms. The molecule has 254 valence electrons. The summed E-state index contributed by atoms with van der Waals surface area (Å²) in [5.41, 5.74) is 12.0. The van der Waals surface area contributed by atoms with Crippen LogP contribution >= 0.6 is 0 Å². The summed E-state index contributed by atoms with van der Waals surface area (Å²) in [4.78, 5) is 2.21. The Morgan fingerprint density at radius 3 is 1.65 bits per heavy atom. The van der Waals surface area contributed by atoms with E-state index < -0.39 is 6.04 Å². The Morgan fingerprint density at radius 2 is 0.889 bits per heavy atom. The van der Waals surface area contributed by atoms with Gasteiger partial charge in [0.1, 0.15) is 11.2 Å². The van der Waals surface area contributed by atoms with E-state index in [0.29, 0.717) is 5.56 Å². The zero-order valence-electron chi connectivity index (χ0n) is 34.2. The molecule has 0 radical (unpaired) electrons. The predicted molar refractivity (Wildman–Crippen MR) is 228 cm³/mol. The van der Waals surface area contributed by atoms with Gasteiger partial charge >= 0.3 is 0 Å². The number of hydrogen-bond acceptors (Lipinski definition) is 2. The van der Waals surface area contributed by atoms with E-state index in [9.17, 15) is 0 Å². The van der Waals surface area contributed by atoms with Crippen LogP contribution in [0.5, 0.6) is 0 Å². The van der Waals surface area contributed by atoms with Crippen molar-refractivity contribution < 1.29 is 11.3 Å². The van der Waals surface area contributed by atoms with Gasteiger partial charge in [-0.1, -0.05) is 164 Å². The summed E-state index contributed by atoms with van der Waals surface area (Å²) in [5.74, 6) is 0. The molecule has 0 spiro atoms. The van der Waals surface area contributed by atoms with Gasteiger partial charge in [0.15, 0.2) is 0 Å². The van der Waals surface area contributed by atoms with Crippen LogP contribution < -0.4 is 4.90 Å². The maximum absolute atomic E-state index is 8.57. The zero-order valence-corrected chi connectivity index (χ0v) is 29.2. The van der Waals surface area contributed by atoms with Crippen LogP contribution in [0.25, 0.3) is 77.2 Å². The van der Waals surface area contributed by atoms with Crippen molar-refractivity contribution in [3.63, 3.8) is 0 Å². The van der Waals surface area contributed by atoms with Gasteiger partial charge in [0.2, 0.25) is 0 Å². The highest BCUT2D eigenvalue weighted by atomic mass is 16.3. The molecule has 1 aromatic heterocycles. The van der Waals surface area contributed by atoms with Crippen molar-refractivity contribution in [3.05, 3.63) is 212 Å². The minimum atomic E-state index is -0.405. The highest BCUT2D eigenvalue weighted by molar-refractivity contribution is 6.07. The summed E-state index contributed by atoms with van der Waals surface area (Å²) in [6.45, 7) is 0. The molecule has 10 rings (SSSR count). The van der Waals surface area contributed by atoms with E-state index in [-0.39, 0.29) is 29.7 Å². The van der Waals surface area contributed by atoms with Gasteiger partial charge in [0, 0.05) is 27.5 Å². The molecule has 1 heterocycles. The van der Waals surface area contributed by atoms with Gasteiger partial charge < -0.3 is 9.32 Å². The van der Waals surface area contributed by atoms with Crippen molar-refractivity contribution in [2.24, 2.45) is 0 Å². The zero-order chi connectivity index (χ0) is 40.2. The Bertz CT molecular complexity index is 3170. The van der Waals surface area contributed by atoms with Crippen LogP contribution in [0.3, 0.4) is 0 Å². The summed E-state index contributed by atoms with van der Waals surface area (Å²) >= 11 is 0. The minimum absolute atomic E-state index is 0.178. The molecule has 0 unspecified atom stereocenters. The van der Waals surface area contributed by atoms with E-state index in [0.717, 1.165) is 83.2 Å². The van der Waals surface area contributed by atoms with Crippen molar-refractivity contribution in [1.29, 1.82) is 0 Å². The first-order valence-corrected chi connectivity index (χ1v) is 18.0. The van der Waals surface area contributed by atoms with Crippen molar-refractivity contribution in [1.82, 2.24) is 0 Å². The molecule has 0 saturated carbocycles. The largest absolute Gasteiger partial charge is 0.456 e. The second-order valence-electron chi connectivity index (χ2n) is 13.4. The Balaban J connectivity index is 1.06. The van der Waals surface area contributed by atoms with E-state index >= 15 is 0 Å². The SMILES string of the molecule is [2H]c1c([2H])c([2H])c(-c2ccc(N(c3ccc(-c4ccccc4)cc3)c3cccc4c(-c5ccc(-c6ccc7oc8ccccc8c7c6)cc5)cccc34)cc2)c([2H])c1[2H]. The minimum Gasteiger partial charge on any atom is -0.456 e. The molecule has 0 saturated heterocycles. The number of rotatable bonds is 7. The predicted octanol–water partition coefficient (Wildman–Crippen LogP) is 14.9. The second-order valence-corrected chi connectivity index (χ2v) is 13.4. The molecule has 0 aliphatic rings. The lowest BCUT2D eigenvalue weighted by Crippen LogP contribution is -2.10. The summed E-state index contributed by atoms with van der Waals surface area (Å²) in [6, 6.07) is 60.8. The van der Waals surface area contributed by atoms with Crippen molar-refractivity contribution in [2.45, 2.75) is 0 Å². The topological polar surface area (TPSA) is 16.4 Å². The highest BCUT2D eigenvalue weighted by Gasteiger charge is 2.18. The summed E-state index contributed by atoms with van der Waals surface area (Å²) < 4.78 is 47.7. The summed E-state index contributed by atoms with van der Waals surface area (Å²) in [5, 5.41) is 4.38. The van der Waals surface area contributed by atoms with E-state index in [1.54, 1.807) is 0 Å². The van der Waals surface area contributed by atoms with Crippen LogP contribution in [-0.4, -0.2) is 0 Å². The first-order chi connectivity index (χ1) is 28.8. The molecule has 10 aromatic rings. The Morgan fingerprint density at radius 1 is 0.352 bits per heavy atom. The van der Waals surface area contributed by atoms with Crippen molar-refractivity contribution >= 4 is 49.8 Å². The van der Waals surface area contributed by atoms with E-state index in [4.69, 9.17) is 11.3 Å². The molecule has 2 nitrogen and oxygen atoms in total. The monoisotopic (exact) mass is 694 g/mol. The van der Waals surface area contributed by atoms with E-state index in [1.165, 1.54) is 0 Å². The highest BCUT2D eigenvalue weighted by Crippen LogP contribution is 2.42. The first kappa shape index (κ1) is 26.6. The molecule has 0 aliphatic carbocycles. The molecule has 9 aromatic carbocycles. The lowest BCUT2D eigenvalue weighted by Gasteiger charge is -2.27. The molecule has 0 bridgehead atoms. The standard InChI is InChI=1S/C52H35NO/c1-3-11-36(12-4-1)38-25-30-43(31-26-38)53(44-32-27-39(28-33-44)37-13-5-2-6-14-37)50-19-10-17-46-45(16-9-18-47(46)50)41-23-21-40(22-24-41)42-29-34-52-49(35-42)48-15-7-8-20-51(48)54-52/h1-35H/i1D,3D,4D,11D,12D. The maximum Gasteiger partial charge on any atom is 0.135 e. The normalized spacial score (nSPS) is 12.6. The maximum atomic E-state index is 8.57. The van der Waals surface area contributed by atoms with Gasteiger partial charge in [-0.25, -0.2) is 0 Å². The average molecular weight is 695 g/mol. The number of anilines is 3. The Labute approximate surface area is 321 Å². The van der Waals surface area contributed by atoms with Crippen LogP contribution in [0.2, 0.25) is 0 Å². The first-order valence-electron chi connectivity index (χ1n) is 20.5. The average Bonchev–Trinajstić information content (AvgIpc) is 3.67. The second kappa shape index (κ2) is 13.4. The molecule has 0 atom stereocenters. The van der Waals surface area contributed by atoms with Gasteiger partial charge in [-0.15, -0.1) is 0 Å². The van der Waals surface area contributed by atoms with Crippen LogP contribution in [-0.2, 0) is 0 Å². The molecular formula is C52H35NO. The molecule has 0 fully saturated rings. The van der Waals surface area contributed by atoms with Gasteiger partial charge in [-0.3, -0.25) is 0 Å². The van der Waals surface area contributed by atoms with Crippen molar-refractivity contribution in [2.75, 3.05) is 4.90 Å². The molecule has 2 heteroatoms. The lowest BCUT2D eigenvalue weighted by atomic mass is 9.94. The number of furan rings is 1. The third-order valence-corrected chi connectivity index (χ3v) is 10.2. The van der Waals surface area contributed by atoms with E-state index in [1.807, 2.05) is 60.7 Å². The van der Waals surface area contributed by atoms with Crippen LogP contribution in [0.1, 0.15) is 6.85 Å². The number of benzene rings is 9. The van der Waals surface area contributed by atoms with Gasteiger partial charge in [0.05, 0.1) is 12.5 Å². The summed E-state index contributed by atoms with van der Waals surface area (Å²) in [7, 11) is 0. The van der Waals surface area contributed by atoms with Crippen LogP contribution in [0.15, 0.2) is 217 Å². The van der Waals surface area contributed by atoms with Gasteiger partial charge in [-0.05, 0) is 98.4 Å². The molecule has 0 N–H and O–H groups in total. The lowest BCUT2D eigenvalue weighted by molar-refractivity contribution is 0.669. The van der Waals surface area contributed by atoms with Crippen LogP contribution in [0.4, 0.5) is 17.1 Å². The van der Waals surface area contributed by atoms with Crippen LogP contribution in [0, 0.1) is 0 Å². The van der Waals surface area contributed by atoms with Gasteiger partial charge in [0.25, 0.3) is 0 Å². The smallest absolute Gasteiger partial charge is 0.135 e. The molecule has 0 amide bonds. The number of para-hydroxylation sites is 1. The van der Waals surface area contributed by atoms with Gasteiger partial charge in [-0.2, -0.15) is 0 Å². The third kappa shape index (κ3) is 5.71. The van der Waals surface area contributed by atoms with Crippen molar-refractivity contribution in [3.8, 4) is 44.5 Å². The molecule has 0 aliphatic heterocycles. The number of nitrogens with zero attached hydrogens (tertiary/aromatic N) is 1.